The topological polar surface area (TPSA) is 48.9 Å². The third kappa shape index (κ3) is 2.93. The molecule has 0 radical (unpaired) electrons. The fourth-order valence-electron chi connectivity index (χ4n) is 3.21. The van der Waals surface area contributed by atoms with Gasteiger partial charge in [0, 0.05) is 17.8 Å². The van der Waals surface area contributed by atoms with Crippen LogP contribution in [-0.2, 0) is 5.41 Å². The SMILES string of the molecule is CC(CCC(O)(C(C)C)C1CC1)C(C)(C)c1ncc[nH]1. The second kappa shape index (κ2) is 5.51. The van der Waals surface area contributed by atoms with Crippen LogP contribution in [0.1, 0.15) is 66.1 Å². The largest absolute Gasteiger partial charge is 0.389 e. The Morgan fingerprint density at radius 3 is 2.45 bits per heavy atom. The Kier molecular flexibility index (Phi) is 4.29. The van der Waals surface area contributed by atoms with Crippen molar-refractivity contribution in [3.8, 4) is 0 Å². The van der Waals surface area contributed by atoms with Crippen molar-refractivity contribution in [3.05, 3.63) is 18.2 Å². The Hall–Kier alpha value is -0.830. The molecule has 1 heterocycles. The summed E-state index contributed by atoms with van der Waals surface area (Å²) in [6.07, 6.45) is 8.05. The lowest BCUT2D eigenvalue weighted by molar-refractivity contribution is -0.0401. The Labute approximate surface area is 123 Å². The first-order valence-corrected chi connectivity index (χ1v) is 8.00. The standard InChI is InChI=1S/C17H30N2O/c1-12(2)17(20,14-6-7-14)9-8-13(3)16(4,5)15-18-10-11-19-15/h10-14,20H,6-9H2,1-5H3,(H,18,19). The first-order valence-electron chi connectivity index (χ1n) is 8.00. The number of nitrogens with zero attached hydrogens (tertiary/aromatic N) is 1. The average molecular weight is 278 g/mol. The number of H-pyrrole nitrogens is 1. The number of aromatic amines is 1. The van der Waals surface area contributed by atoms with Crippen molar-refractivity contribution in [1.29, 1.82) is 0 Å². The van der Waals surface area contributed by atoms with Crippen molar-refractivity contribution < 1.29 is 5.11 Å². The van der Waals surface area contributed by atoms with Gasteiger partial charge >= 0.3 is 0 Å². The van der Waals surface area contributed by atoms with E-state index in [2.05, 4.69) is 44.6 Å². The summed E-state index contributed by atoms with van der Waals surface area (Å²) in [4.78, 5) is 7.66. The van der Waals surface area contributed by atoms with E-state index in [1.807, 2.05) is 12.4 Å². The molecule has 20 heavy (non-hydrogen) atoms. The van der Waals surface area contributed by atoms with Gasteiger partial charge < -0.3 is 10.1 Å². The van der Waals surface area contributed by atoms with Crippen LogP contribution in [0.3, 0.4) is 0 Å². The van der Waals surface area contributed by atoms with E-state index in [0.717, 1.165) is 18.7 Å². The minimum atomic E-state index is -0.465. The van der Waals surface area contributed by atoms with Crippen LogP contribution < -0.4 is 0 Å². The smallest absolute Gasteiger partial charge is 0.111 e. The third-order valence-corrected chi connectivity index (χ3v) is 5.60. The zero-order valence-corrected chi connectivity index (χ0v) is 13.6. The number of aromatic nitrogens is 2. The lowest BCUT2D eigenvalue weighted by atomic mass is 9.73. The molecule has 1 saturated carbocycles. The molecule has 0 aromatic carbocycles. The van der Waals surface area contributed by atoms with Gasteiger partial charge in [0.1, 0.15) is 5.82 Å². The molecule has 2 rings (SSSR count). The van der Waals surface area contributed by atoms with Crippen molar-refractivity contribution >= 4 is 0 Å². The molecule has 0 aliphatic heterocycles. The van der Waals surface area contributed by atoms with E-state index >= 15 is 0 Å². The molecule has 0 bridgehead atoms. The van der Waals surface area contributed by atoms with Crippen LogP contribution in [0.5, 0.6) is 0 Å². The van der Waals surface area contributed by atoms with Gasteiger partial charge in [-0.05, 0) is 43.4 Å². The zero-order valence-electron chi connectivity index (χ0n) is 13.6. The van der Waals surface area contributed by atoms with Crippen LogP contribution in [0, 0.1) is 17.8 Å². The molecule has 1 aliphatic carbocycles. The van der Waals surface area contributed by atoms with Crippen LogP contribution in [0.2, 0.25) is 0 Å². The van der Waals surface area contributed by atoms with Gasteiger partial charge in [-0.25, -0.2) is 4.98 Å². The van der Waals surface area contributed by atoms with Crippen LogP contribution in [0.4, 0.5) is 0 Å². The number of hydrogen-bond acceptors (Lipinski definition) is 2. The molecule has 3 heteroatoms. The normalized spacial score (nSPS) is 20.9. The molecule has 1 fully saturated rings. The highest BCUT2D eigenvalue weighted by molar-refractivity contribution is 5.07. The van der Waals surface area contributed by atoms with E-state index in [1.54, 1.807) is 0 Å². The Morgan fingerprint density at radius 2 is 2.00 bits per heavy atom. The van der Waals surface area contributed by atoms with Crippen LogP contribution in [-0.4, -0.2) is 20.7 Å². The molecule has 2 N–H and O–H groups in total. The second-order valence-corrected chi connectivity index (χ2v) is 7.52. The maximum Gasteiger partial charge on any atom is 0.111 e. The summed E-state index contributed by atoms with van der Waals surface area (Å²) in [7, 11) is 0. The average Bonchev–Trinajstić information content (AvgIpc) is 3.10. The highest BCUT2D eigenvalue weighted by atomic mass is 16.3. The molecular formula is C17H30N2O. The molecule has 0 saturated heterocycles. The zero-order chi connectivity index (χ0) is 15.0. The minimum Gasteiger partial charge on any atom is -0.389 e. The summed E-state index contributed by atoms with van der Waals surface area (Å²) in [5, 5.41) is 11.0. The predicted octanol–water partition coefficient (Wildman–Crippen LogP) is 3.90. The van der Waals surface area contributed by atoms with Gasteiger partial charge in [0.05, 0.1) is 5.60 Å². The number of hydrogen-bond donors (Lipinski definition) is 2. The van der Waals surface area contributed by atoms with E-state index in [0.29, 0.717) is 17.8 Å². The Morgan fingerprint density at radius 1 is 1.35 bits per heavy atom. The highest BCUT2D eigenvalue weighted by Crippen LogP contribution is 2.47. The van der Waals surface area contributed by atoms with E-state index in [4.69, 9.17) is 0 Å². The monoisotopic (exact) mass is 278 g/mol. The lowest BCUT2D eigenvalue weighted by Crippen LogP contribution is -2.39. The summed E-state index contributed by atoms with van der Waals surface area (Å²) < 4.78 is 0. The molecule has 1 aromatic heterocycles. The van der Waals surface area contributed by atoms with Crippen LogP contribution in [0.25, 0.3) is 0 Å². The van der Waals surface area contributed by atoms with Gasteiger partial charge in [-0.3, -0.25) is 0 Å². The fraction of sp³-hybridized carbons (Fsp3) is 0.824. The Bertz CT molecular complexity index is 416. The summed E-state index contributed by atoms with van der Waals surface area (Å²) >= 11 is 0. The van der Waals surface area contributed by atoms with Crippen molar-refractivity contribution in [1.82, 2.24) is 9.97 Å². The third-order valence-electron chi connectivity index (χ3n) is 5.60. The molecule has 1 aromatic rings. The van der Waals surface area contributed by atoms with Gasteiger partial charge in [-0.15, -0.1) is 0 Å². The van der Waals surface area contributed by atoms with E-state index in [9.17, 15) is 5.11 Å². The number of rotatable bonds is 7. The van der Waals surface area contributed by atoms with E-state index in [1.165, 1.54) is 12.8 Å². The van der Waals surface area contributed by atoms with Gasteiger partial charge in [0.15, 0.2) is 0 Å². The van der Waals surface area contributed by atoms with Gasteiger partial charge in [0.25, 0.3) is 0 Å². The van der Waals surface area contributed by atoms with Crippen molar-refractivity contribution in [2.75, 3.05) is 0 Å². The first kappa shape index (κ1) is 15.6. The summed E-state index contributed by atoms with van der Waals surface area (Å²) in [6.45, 7) is 11.1. The molecule has 2 atom stereocenters. The number of nitrogens with one attached hydrogen (secondary N) is 1. The quantitative estimate of drug-likeness (QED) is 0.794. The molecule has 0 amide bonds. The van der Waals surface area contributed by atoms with Crippen molar-refractivity contribution in [2.45, 2.75) is 71.3 Å². The van der Waals surface area contributed by atoms with Gasteiger partial charge in [-0.2, -0.15) is 0 Å². The molecule has 1 aliphatic rings. The van der Waals surface area contributed by atoms with Gasteiger partial charge in [-0.1, -0.05) is 34.6 Å². The molecule has 0 spiro atoms. The molecule has 2 unspecified atom stereocenters. The Balaban J connectivity index is 1.99. The molecule has 114 valence electrons. The molecular weight excluding hydrogens is 248 g/mol. The number of aliphatic hydroxyl groups is 1. The second-order valence-electron chi connectivity index (χ2n) is 7.52. The summed E-state index contributed by atoms with van der Waals surface area (Å²) in [5.74, 6) is 2.40. The summed E-state index contributed by atoms with van der Waals surface area (Å²) in [6, 6.07) is 0. The van der Waals surface area contributed by atoms with E-state index in [-0.39, 0.29) is 5.41 Å². The maximum atomic E-state index is 11.0. The summed E-state index contributed by atoms with van der Waals surface area (Å²) in [5.41, 5.74) is -0.446. The van der Waals surface area contributed by atoms with Gasteiger partial charge in [0.2, 0.25) is 0 Å². The van der Waals surface area contributed by atoms with E-state index < -0.39 is 5.60 Å². The molecule has 3 nitrogen and oxygen atoms in total. The highest BCUT2D eigenvalue weighted by Gasteiger charge is 2.46. The van der Waals surface area contributed by atoms with Crippen LogP contribution >= 0.6 is 0 Å². The first-order chi connectivity index (χ1) is 9.28. The maximum absolute atomic E-state index is 11.0. The van der Waals surface area contributed by atoms with Crippen LogP contribution in [0.15, 0.2) is 12.4 Å². The van der Waals surface area contributed by atoms with Crippen molar-refractivity contribution in [3.63, 3.8) is 0 Å². The van der Waals surface area contributed by atoms with Crippen molar-refractivity contribution in [2.24, 2.45) is 17.8 Å². The fourth-order valence-corrected chi connectivity index (χ4v) is 3.21. The lowest BCUT2D eigenvalue weighted by Gasteiger charge is -2.36. The number of imidazole rings is 1. The predicted molar refractivity (Wildman–Crippen MR) is 82.5 cm³/mol. The minimum absolute atomic E-state index is 0.0188.